The molecule has 0 radical (unpaired) electrons. The van der Waals surface area contributed by atoms with Gasteiger partial charge in [0, 0.05) is 62.3 Å². The molecule has 0 saturated heterocycles. The SMILES string of the molecule is C=NC1=C(/C(=N\Cn2cc(/C=C\C=C/C)c3ccc(-c4ccc5c(c4)c4ccccc4n5-c4ccccc4)cc32)c2nc(-c3ccccc3)cc(-c3ccccc3)n2)Cc2ccccc21.CC. The maximum absolute atomic E-state index is 5.53. The predicted molar refractivity (Wildman–Crippen MR) is 283 cm³/mol. The van der Waals surface area contributed by atoms with Crippen molar-refractivity contribution < 1.29 is 0 Å². The number of para-hydroxylation sites is 2. The topological polar surface area (TPSA) is 60.4 Å². The van der Waals surface area contributed by atoms with Crippen molar-refractivity contribution in [2.45, 2.75) is 33.9 Å². The lowest BCUT2D eigenvalue weighted by molar-refractivity contribution is 0.764. The average molecular weight is 867 g/mol. The van der Waals surface area contributed by atoms with Crippen molar-refractivity contribution in [3.8, 4) is 39.3 Å². The zero-order valence-corrected chi connectivity index (χ0v) is 38.0. The Bertz CT molecular complexity index is 3490. The Labute approximate surface area is 392 Å². The van der Waals surface area contributed by atoms with Crippen LogP contribution in [0.3, 0.4) is 0 Å². The molecule has 67 heavy (non-hydrogen) atoms. The number of rotatable bonds is 11. The highest BCUT2D eigenvalue weighted by molar-refractivity contribution is 6.17. The number of hydrogen-bond donors (Lipinski definition) is 0. The first kappa shape index (κ1) is 42.5. The first-order valence-electron chi connectivity index (χ1n) is 23.0. The van der Waals surface area contributed by atoms with Gasteiger partial charge >= 0.3 is 0 Å². The van der Waals surface area contributed by atoms with Gasteiger partial charge in [0.25, 0.3) is 0 Å². The van der Waals surface area contributed by atoms with Crippen LogP contribution in [0.2, 0.25) is 0 Å². The summed E-state index contributed by atoms with van der Waals surface area (Å²) in [4.78, 5) is 20.8. The Kier molecular flexibility index (Phi) is 12.0. The van der Waals surface area contributed by atoms with Gasteiger partial charge in [-0.05, 0) is 72.8 Å². The van der Waals surface area contributed by atoms with Gasteiger partial charge in [-0.1, -0.05) is 178 Å². The molecule has 0 unspecified atom stereocenters. The van der Waals surface area contributed by atoms with E-state index in [1.807, 2.05) is 63.2 Å². The average Bonchev–Trinajstić information content (AvgIpc) is 4.06. The summed E-state index contributed by atoms with van der Waals surface area (Å²) in [6.45, 7) is 10.4. The second-order valence-corrected chi connectivity index (χ2v) is 16.3. The molecule has 3 aromatic heterocycles. The highest BCUT2D eigenvalue weighted by Gasteiger charge is 2.27. The third kappa shape index (κ3) is 8.15. The summed E-state index contributed by atoms with van der Waals surface area (Å²) in [5.74, 6) is 0.544. The lowest BCUT2D eigenvalue weighted by atomic mass is 10.0. The fourth-order valence-corrected chi connectivity index (χ4v) is 9.26. The third-order valence-corrected chi connectivity index (χ3v) is 12.3. The smallest absolute Gasteiger partial charge is 0.179 e. The molecule has 0 aliphatic heterocycles. The van der Waals surface area contributed by atoms with Gasteiger partial charge in [-0.25, -0.2) is 9.97 Å². The fourth-order valence-electron chi connectivity index (χ4n) is 9.26. The van der Waals surface area contributed by atoms with E-state index in [-0.39, 0.29) is 0 Å². The Morgan fingerprint density at radius 2 is 1.22 bits per heavy atom. The summed E-state index contributed by atoms with van der Waals surface area (Å²) in [6.07, 6.45) is 11.2. The minimum atomic E-state index is 0.320. The van der Waals surface area contributed by atoms with E-state index in [0.717, 1.165) is 72.6 Å². The van der Waals surface area contributed by atoms with Crippen LogP contribution in [-0.4, -0.2) is 31.5 Å². The molecule has 0 saturated carbocycles. The molecule has 0 N–H and O–H groups in total. The Morgan fingerprint density at radius 3 is 1.94 bits per heavy atom. The summed E-state index contributed by atoms with van der Waals surface area (Å²) in [7, 11) is 0. The van der Waals surface area contributed by atoms with Crippen molar-refractivity contribution in [1.29, 1.82) is 0 Å². The molecule has 0 atom stereocenters. The van der Waals surface area contributed by atoms with E-state index in [1.54, 1.807) is 0 Å². The number of hydrogen-bond acceptors (Lipinski definition) is 4. The largest absolute Gasteiger partial charge is 0.327 e. The highest BCUT2D eigenvalue weighted by Crippen LogP contribution is 2.38. The van der Waals surface area contributed by atoms with Gasteiger partial charge in [-0.2, -0.15) is 0 Å². The minimum Gasteiger partial charge on any atom is -0.327 e. The standard InChI is InChI=1S/C59H44N6.C2H6/c1-3-4-8-24-45-38-64(56-36-43(30-32-47(45)56)42-31-33-55-50(34-42)49-28-17-18-29-54(49)65(55)46-25-13-7-14-26-46)39-61-58(51-35-44-23-15-16-27-48(44)57(51)60-2)59-62-52(40-19-9-5-10-20-40)37-53(63-59)41-21-11-6-12-22-41;1-2/h3-34,36-38H,2,35,39H2,1H3;1-2H3/b4-3-,24-8-,61-58+;. The molecule has 10 aromatic rings. The van der Waals surface area contributed by atoms with Gasteiger partial charge in [0.05, 0.1) is 33.6 Å². The van der Waals surface area contributed by atoms with Crippen molar-refractivity contribution >= 4 is 56.9 Å². The highest BCUT2D eigenvalue weighted by atomic mass is 15.1. The van der Waals surface area contributed by atoms with Gasteiger partial charge in [-0.3, -0.25) is 9.98 Å². The van der Waals surface area contributed by atoms with E-state index in [0.29, 0.717) is 24.6 Å². The molecular formula is C61H50N6. The summed E-state index contributed by atoms with van der Waals surface area (Å²) >= 11 is 0. The molecule has 0 spiro atoms. The summed E-state index contributed by atoms with van der Waals surface area (Å²) in [5.41, 5.74) is 16.3. The van der Waals surface area contributed by atoms with Crippen LogP contribution in [0, 0.1) is 0 Å². The quantitative estimate of drug-likeness (QED) is 0.0960. The van der Waals surface area contributed by atoms with E-state index < -0.39 is 0 Å². The second-order valence-electron chi connectivity index (χ2n) is 16.3. The molecule has 7 aromatic carbocycles. The van der Waals surface area contributed by atoms with E-state index in [2.05, 4.69) is 191 Å². The van der Waals surface area contributed by atoms with Gasteiger partial charge in [0.2, 0.25) is 0 Å². The van der Waals surface area contributed by atoms with E-state index in [9.17, 15) is 0 Å². The molecule has 3 heterocycles. The molecule has 1 aliphatic carbocycles. The number of nitrogens with zero attached hydrogens (tertiary/aromatic N) is 6. The van der Waals surface area contributed by atoms with Crippen LogP contribution in [0.25, 0.3) is 83.8 Å². The predicted octanol–water partition coefficient (Wildman–Crippen LogP) is 15.3. The molecule has 324 valence electrons. The molecule has 0 bridgehead atoms. The maximum atomic E-state index is 5.53. The maximum Gasteiger partial charge on any atom is 0.179 e. The van der Waals surface area contributed by atoms with Crippen molar-refractivity contribution in [2.75, 3.05) is 0 Å². The van der Waals surface area contributed by atoms with Gasteiger partial charge in [0.15, 0.2) is 5.82 Å². The Balaban J connectivity index is 0.00000259. The first-order chi connectivity index (χ1) is 33.1. The third-order valence-electron chi connectivity index (χ3n) is 12.3. The minimum absolute atomic E-state index is 0.320. The fraction of sp³-hybridized carbons (Fsp3) is 0.0820. The van der Waals surface area contributed by atoms with E-state index in [1.165, 1.54) is 27.4 Å². The van der Waals surface area contributed by atoms with Crippen molar-refractivity contribution in [3.05, 3.63) is 235 Å². The normalized spacial score (nSPS) is 12.7. The summed E-state index contributed by atoms with van der Waals surface area (Å²) in [5, 5.41) is 3.58. The first-order valence-corrected chi connectivity index (χ1v) is 23.0. The van der Waals surface area contributed by atoms with Crippen molar-refractivity contribution in [3.63, 3.8) is 0 Å². The molecule has 6 heteroatoms. The van der Waals surface area contributed by atoms with Crippen LogP contribution in [-0.2, 0) is 13.1 Å². The second kappa shape index (κ2) is 18.9. The number of fused-ring (bicyclic) bond motifs is 5. The van der Waals surface area contributed by atoms with Crippen LogP contribution in [0.1, 0.15) is 43.3 Å². The number of aliphatic imine (C=N–C) groups is 2. The molecule has 11 rings (SSSR count). The summed E-state index contributed by atoms with van der Waals surface area (Å²) in [6, 6.07) is 63.9. The molecule has 0 amide bonds. The van der Waals surface area contributed by atoms with Crippen molar-refractivity contribution in [1.82, 2.24) is 19.1 Å². The van der Waals surface area contributed by atoms with Gasteiger partial charge in [0.1, 0.15) is 12.4 Å². The molecule has 1 aliphatic rings. The Morgan fingerprint density at radius 1 is 0.597 bits per heavy atom. The van der Waals surface area contributed by atoms with E-state index in [4.69, 9.17) is 15.0 Å². The molecule has 0 fully saturated rings. The number of benzene rings is 7. The number of allylic oxidation sites excluding steroid dienone is 4. The van der Waals surface area contributed by atoms with Gasteiger partial charge in [-0.15, -0.1) is 0 Å². The van der Waals surface area contributed by atoms with Crippen LogP contribution in [0.5, 0.6) is 0 Å². The van der Waals surface area contributed by atoms with Crippen molar-refractivity contribution in [2.24, 2.45) is 9.98 Å². The monoisotopic (exact) mass is 866 g/mol. The summed E-state index contributed by atoms with van der Waals surface area (Å²) < 4.78 is 4.60. The lowest BCUT2D eigenvalue weighted by Gasteiger charge is -2.13. The lowest BCUT2D eigenvalue weighted by Crippen LogP contribution is -2.14. The zero-order valence-electron chi connectivity index (χ0n) is 38.0. The van der Waals surface area contributed by atoms with Crippen LogP contribution in [0.4, 0.5) is 0 Å². The van der Waals surface area contributed by atoms with Crippen LogP contribution in [0.15, 0.2) is 222 Å². The zero-order chi connectivity index (χ0) is 45.7. The van der Waals surface area contributed by atoms with Crippen LogP contribution >= 0.6 is 0 Å². The van der Waals surface area contributed by atoms with Gasteiger partial charge < -0.3 is 9.13 Å². The Hall–Kier alpha value is -8.48. The number of aromatic nitrogens is 4. The van der Waals surface area contributed by atoms with Crippen LogP contribution < -0.4 is 0 Å². The molecular weight excluding hydrogens is 817 g/mol. The molecule has 6 nitrogen and oxygen atoms in total. The van der Waals surface area contributed by atoms with E-state index >= 15 is 0 Å².